The Bertz CT molecular complexity index is 763. The number of fused-ring (bicyclic) bond motifs is 1. The van der Waals surface area contributed by atoms with Gasteiger partial charge in [-0.25, -0.2) is 14.4 Å². The number of hydrogen-bond acceptors (Lipinski definition) is 4. The Morgan fingerprint density at radius 1 is 1.52 bits per heavy atom. The summed E-state index contributed by atoms with van der Waals surface area (Å²) in [6.45, 7) is 1.90. The number of imidazole rings is 1. The maximum atomic E-state index is 14.2. The highest BCUT2D eigenvalue weighted by Crippen LogP contribution is 2.34. The number of carbonyl (C=O) groups is 2. The second kappa shape index (κ2) is 8.47. The topological polar surface area (TPSA) is 89.5 Å². The number of H-pyrrole nitrogens is 1. The van der Waals surface area contributed by atoms with Crippen LogP contribution in [-0.4, -0.2) is 56.7 Å². The Balaban J connectivity index is 1.84. The Kier molecular flexibility index (Phi) is 6.05. The first-order valence-corrected chi connectivity index (χ1v) is 9.33. The second-order valence-electron chi connectivity index (χ2n) is 7.05. The molecule has 1 aromatic carbocycles. The summed E-state index contributed by atoms with van der Waals surface area (Å²) < 4.78 is 14.2. The lowest BCUT2D eigenvalue weighted by Crippen LogP contribution is -2.41. The number of halogens is 1. The summed E-state index contributed by atoms with van der Waals surface area (Å²) >= 11 is 0. The number of nitrogens with one attached hydrogen (secondary N) is 1. The molecule has 7 nitrogen and oxygen atoms in total. The van der Waals surface area contributed by atoms with Crippen LogP contribution in [0.15, 0.2) is 24.3 Å². The number of alkyl halides is 1. The van der Waals surface area contributed by atoms with Crippen molar-refractivity contribution in [1.29, 1.82) is 0 Å². The van der Waals surface area contributed by atoms with E-state index in [2.05, 4.69) is 9.97 Å². The maximum absolute atomic E-state index is 14.2. The minimum Gasteiger partial charge on any atom is -0.340 e. The Morgan fingerprint density at radius 3 is 3.00 bits per heavy atom. The molecule has 3 rings (SSSR count). The van der Waals surface area contributed by atoms with Gasteiger partial charge in [0.25, 0.3) is 0 Å². The summed E-state index contributed by atoms with van der Waals surface area (Å²) in [5, 5.41) is 10.0. The molecule has 0 unspecified atom stereocenters. The predicted molar refractivity (Wildman–Crippen MR) is 97.6 cm³/mol. The first-order chi connectivity index (χ1) is 13.0. The lowest BCUT2D eigenvalue weighted by Gasteiger charge is -2.28. The van der Waals surface area contributed by atoms with Crippen LogP contribution in [0.25, 0.3) is 11.0 Å². The monoisotopic (exact) mass is 376 g/mol. The van der Waals surface area contributed by atoms with Crippen LogP contribution in [0, 0.1) is 5.92 Å². The van der Waals surface area contributed by atoms with Crippen molar-refractivity contribution in [2.75, 3.05) is 13.1 Å². The summed E-state index contributed by atoms with van der Waals surface area (Å²) in [5.41, 5.74) is 1.61. The molecular weight excluding hydrogens is 351 g/mol. The van der Waals surface area contributed by atoms with Gasteiger partial charge in [0.05, 0.1) is 36.1 Å². The zero-order chi connectivity index (χ0) is 19.4. The van der Waals surface area contributed by atoms with Gasteiger partial charge in [0.2, 0.25) is 12.3 Å². The van der Waals surface area contributed by atoms with Gasteiger partial charge in [-0.05, 0) is 18.6 Å². The minimum atomic E-state index is -1.13. The SMILES string of the molecule is CCCC[C@@H](CN(O)C=O)C(=O)N1C[C@H](F)C[C@H]1c1nc2ccccc2[nH]1. The van der Waals surface area contributed by atoms with Crippen molar-refractivity contribution in [1.82, 2.24) is 19.9 Å². The number of hydroxylamine groups is 2. The van der Waals surface area contributed by atoms with Gasteiger partial charge in [-0.1, -0.05) is 31.9 Å². The molecule has 2 amide bonds. The van der Waals surface area contributed by atoms with Gasteiger partial charge >= 0.3 is 0 Å². The highest BCUT2D eigenvalue weighted by Gasteiger charge is 2.40. The van der Waals surface area contributed by atoms with E-state index in [1.807, 2.05) is 31.2 Å². The average molecular weight is 376 g/mol. The van der Waals surface area contributed by atoms with Crippen LogP contribution in [0.1, 0.15) is 44.5 Å². The summed E-state index contributed by atoms with van der Waals surface area (Å²) in [7, 11) is 0. The molecule has 0 radical (unpaired) electrons. The van der Waals surface area contributed by atoms with Crippen LogP contribution in [-0.2, 0) is 9.59 Å². The van der Waals surface area contributed by atoms with Crippen molar-refractivity contribution in [3.05, 3.63) is 30.1 Å². The molecular formula is C19H25FN4O3. The number of carbonyl (C=O) groups excluding carboxylic acids is 2. The van der Waals surface area contributed by atoms with Crippen LogP contribution in [0.2, 0.25) is 0 Å². The summed E-state index contributed by atoms with van der Waals surface area (Å²) in [6.07, 6.45) is 1.53. The number of benzene rings is 1. The molecule has 0 saturated carbocycles. The number of aromatic amines is 1. The fraction of sp³-hybridized carbons (Fsp3) is 0.526. The molecule has 2 aromatic rings. The molecule has 2 N–H and O–H groups in total. The third-order valence-corrected chi connectivity index (χ3v) is 5.04. The van der Waals surface area contributed by atoms with Crippen LogP contribution in [0.4, 0.5) is 4.39 Å². The number of nitrogens with zero attached hydrogens (tertiary/aromatic N) is 3. The van der Waals surface area contributed by atoms with Gasteiger partial charge < -0.3 is 9.88 Å². The first-order valence-electron chi connectivity index (χ1n) is 9.33. The van der Waals surface area contributed by atoms with Gasteiger partial charge in [-0.15, -0.1) is 0 Å². The maximum Gasteiger partial charge on any atom is 0.233 e. The molecule has 1 aromatic heterocycles. The number of rotatable bonds is 8. The van der Waals surface area contributed by atoms with E-state index in [4.69, 9.17) is 0 Å². The average Bonchev–Trinajstić information content (AvgIpc) is 3.27. The largest absolute Gasteiger partial charge is 0.340 e. The van der Waals surface area contributed by atoms with Crippen molar-refractivity contribution in [3.63, 3.8) is 0 Å². The molecule has 1 aliphatic rings. The predicted octanol–water partition coefficient (Wildman–Crippen LogP) is 2.83. The zero-order valence-corrected chi connectivity index (χ0v) is 15.3. The van der Waals surface area contributed by atoms with Gasteiger partial charge in [0.1, 0.15) is 12.0 Å². The van der Waals surface area contributed by atoms with Gasteiger partial charge in [0, 0.05) is 6.42 Å². The molecule has 27 heavy (non-hydrogen) atoms. The lowest BCUT2D eigenvalue weighted by atomic mass is 9.99. The van der Waals surface area contributed by atoms with E-state index >= 15 is 0 Å². The van der Waals surface area contributed by atoms with Crippen LogP contribution >= 0.6 is 0 Å². The van der Waals surface area contributed by atoms with Crippen LogP contribution < -0.4 is 0 Å². The van der Waals surface area contributed by atoms with Gasteiger partial charge in [-0.3, -0.25) is 14.8 Å². The fourth-order valence-corrected chi connectivity index (χ4v) is 3.66. The Labute approximate surface area is 157 Å². The zero-order valence-electron chi connectivity index (χ0n) is 15.3. The standard InChI is InChI=1S/C19H25FN4O3/c1-2-3-6-13(10-23(27)12-25)19(26)24-11-14(20)9-17(24)18-21-15-7-4-5-8-16(15)22-18/h4-5,7-8,12-14,17,27H,2-3,6,9-11H2,1H3,(H,21,22)/t13-,14+,17-/m0/s1. The molecule has 0 bridgehead atoms. The molecule has 8 heteroatoms. The van der Waals surface area contributed by atoms with E-state index in [1.165, 1.54) is 4.90 Å². The fourth-order valence-electron chi connectivity index (χ4n) is 3.66. The number of aromatic nitrogens is 2. The highest BCUT2D eigenvalue weighted by molar-refractivity contribution is 5.80. The molecule has 2 heterocycles. The summed E-state index contributed by atoms with van der Waals surface area (Å²) in [4.78, 5) is 33.1. The number of amides is 2. The molecule has 1 aliphatic heterocycles. The van der Waals surface area contributed by atoms with Crippen molar-refractivity contribution < 1.29 is 19.2 Å². The number of likely N-dealkylation sites (tertiary alicyclic amines) is 1. The third-order valence-electron chi connectivity index (χ3n) is 5.04. The quantitative estimate of drug-likeness (QED) is 0.421. The van der Waals surface area contributed by atoms with E-state index in [9.17, 15) is 19.2 Å². The van der Waals surface area contributed by atoms with E-state index in [0.29, 0.717) is 17.3 Å². The third kappa shape index (κ3) is 4.27. The smallest absolute Gasteiger partial charge is 0.233 e. The lowest BCUT2D eigenvalue weighted by molar-refractivity contribution is -0.157. The minimum absolute atomic E-state index is 0.00428. The van der Waals surface area contributed by atoms with E-state index in [1.54, 1.807) is 0 Å². The van der Waals surface area contributed by atoms with Crippen LogP contribution in [0.5, 0.6) is 0 Å². The normalized spacial score (nSPS) is 20.8. The number of unbranched alkanes of at least 4 members (excludes halogenated alkanes) is 1. The van der Waals surface area contributed by atoms with E-state index in [0.717, 1.165) is 23.9 Å². The Hall–Kier alpha value is -2.48. The molecule has 0 spiro atoms. The molecule has 1 fully saturated rings. The molecule has 3 atom stereocenters. The van der Waals surface area contributed by atoms with Crippen LogP contribution in [0.3, 0.4) is 0 Å². The van der Waals surface area contributed by atoms with Crippen molar-refractivity contribution in [2.45, 2.75) is 44.8 Å². The van der Waals surface area contributed by atoms with Crippen molar-refractivity contribution in [3.8, 4) is 0 Å². The van der Waals surface area contributed by atoms with Gasteiger partial charge in [-0.2, -0.15) is 0 Å². The first kappa shape index (κ1) is 19.3. The molecule has 146 valence electrons. The van der Waals surface area contributed by atoms with E-state index < -0.39 is 18.1 Å². The van der Waals surface area contributed by atoms with Crippen molar-refractivity contribution >= 4 is 23.4 Å². The number of hydrogen-bond donors (Lipinski definition) is 2. The molecule has 0 aliphatic carbocycles. The molecule has 1 saturated heterocycles. The highest BCUT2D eigenvalue weighted by atomic mass is 19.1. The van der Waals surface area contributed by atoms with Gasteiger partial charge in [0.15, 0.2) is 0 Å². The Morgan fingerprint density at radius 2 is 2.30 bits per heavy atom. The summed E-state index contributed by atoms with van der Waals surface area (Å²) in [6, 6.07) is 7.03. The summed E-state index contributed by atoms with van der Waals surface area (Å²) in [5.74, 6) is -0.262. The van der Waals surface area contributed by atoms with E-state index in [-0.39, 0.29) is 31.8 Å². The second-order valence-corrected chi connectivity index (χ2v) is 7.05. The van der Waals surface area contributed by atoms with Crippen molar-refractivity contribution in [2.24, 2.45) is 5.92 Å². The number of para-hydroxylation sites is 2.